The quantitative estimate of drug-likeness (QED) is 0.0462. The standard InChI is InChI=1S/C41H57N9O7/c1-5-34(52)44-25-26-46-39(55)50-38(42)45-22-9-13-33(36(53)48-27-28-14-20-32(51)21-15-28)49-37(54)35(29-11-7-6-8-12-29)30-16-18-31(19-17-30)43-23-10-24-47-40(56)57-41(2,3)4/h6-8,11-12,14-21,33,35,43,51H,5,9-10,13,22-27H2,1-4H3,(H,44,52)(H,47,56)(H,48,53)(H,49,54)(H4,42,45,46,50,55)/t33-,35?/m1/s1. The summed E-state index contributed by atoms with van der Waals surface area (Å²) in [5.41, 5.74) is 8.38. The van der Waals surface area contributed by atoms with Crippen LogP contribution in [0.15, 0.2) is 83.9 Å². The molecule has 0 aromatic heterocycles. The Kier molecular flexibility index (Phi) is 18.6. The van der Waals surface area contributed by atoms with Crippen LogP contribution in [0.3, 0.4) is 0 Å². The average molecular weight is 788 g/mol. The summed E-state index contributed by atoms with van der Waals surface area (Å²) in [5, 5.41) is 29.2. The Balaban J connectivity index is 1.66. The zero-order valence-corrected chi connectivity index (χ0v) is 33.2. The predicted octanol–water partition coefficient (Wildman–Crippen LogP) is 3.57. The zero-order chi connectivity index (χ0) is 41.6. The van der Waals surface area contributed by atoms with Gasteiger partial charge in [-0.25, -0.2) is 9.59 Å². The number of ether oxygens (including phenoxy) is 1. The van der Waals surface area contributed by atoms with Crippen LogP contribution in [0.4, 0.5) is 15.3 Å². The Morgan fingerprint density at radius 1 is 0.772 bits per heavy atom. The molecular weight excluding hydrogens is 731 g/mol. The largest absolute Gasteiger partial charge is 0.508 e. The van der Waals surface area contributed by atoms with Crippen molar-refractivity contribution in [2.45, 2.75) is 77.5 Å². The molecule has 0 radical (unpaired) electrons. The second kappa shape index (κ2) is 23.6. The van der Waals surface area contributed by atoms with Gasteiger partial charge in [0.15, 0.2) is 5.96 Å². The maximum Gasteiger partial charge on any atom is 0.407 e. The monoisotopic (exact) mass is 787 g/mol. The number of urea groups is 1. The minimum Gasteiger partial charge on any atom is -0.508 e. The molecule has 0 aliphatic heterocycles. The fourth-order valence-electron chi connectivity index (χ4n) is 5.41. The molecule has 0 fully saturated rings. The number of rotatable bonds is 20. The van der Waals surface area contributed by atoms with E-state index in [9.17, 15) is 29.1 Å². The number of nitrogens with one attached hydrogen (secondary N) is 7. The van der Waals surface area contributed by atoms with Crippen molar-refractivity contribution in [1.82, 2.24) is 31.9 Å². The number of aromatic hydroxyl groups is 1. The average Bonchev–Trinajstić information content (AvgIpc) is 3.17. The molecule has 6 amide bonds. The van der Waals surface area contributed by atoms with Crippen LogP contribution < -0.4 is 43.0 Å². The van der Waals surface area contributed by atoms with Gasteiger partial charge in [-0.05, 0) is 81.0 Å². The number of phenols is 1. The van der Waals surface area contributed by atoms with E-state index in [1.165, 1.54) is 12.1 Å². The van der Waals surface area contributed by atoms with Crippen molar-refractivity contribution in [1.29, 1.82) is 0 Å². The summed E-state index contributed by atoms with van der Waals surface area (Å²) in [6, 6.07) is 21.7. The van der Waals surface area contributed by atoms with Gasteiger partial charge in [0.1, 0.15) is 17.4 Å². The third-order valence-electron chi connectivity index (χ3n) is 8.25. The van der Waals surface area contributed by atoms with Crippen LogP contribution in [0.1, 0.15) is 76.0 Å². The summed E-state index contributed by atoms with van der Waals surface area (Å²) >= 11 is 0. The van der Waals surface area contributed by atoms with E-state index in [-0.39, 0.29) is 56.1 Å². The lowest BCUT2D eigenvalue weighted by atomic mass is 9.90. The molecule has 0 aliphatic carbocycles. The van der Waals surface area contributed by atoms with Gasteiger partial charge in [0.2, 0.25) is 17.7 Å². The fourth-order valence-corrected chi connectivity index (χ4v) is 5.41. The summed E-state index contributed by atoms with van der Waals surface area (Å²) < 4.78 is 5.26. The Morgan fingerprint density at radius 2 is 1.44 bits per heavy atom. The molecule has 16 nitrogen and oxygen atoms in total. The summed E-state index contributed by atoms with van der Waals surface area (Å²) in [6.07, 6.45) is 1.09. The molecule has 2 atom stereocenters. The Bertz CT molecular complexity index is 1760. The second-order valence-electron chi connectivity index (χ2n) is 14.1. The Labute approximate surface area is 334 Å². The molecule has 57 heavy (non-hydrogen) atoms. The lowest BCUT2D eigenvalue weighted by Gasteiger charge is -2.23. The zero-order valence-electron chi connectivity index (χ0n) is 33.2. The molecule has 308 valence electrons. The van der Waals surface area contributed by atoms with Crippen LogP contribution in [0.2, 0.25) is 0 Å². The van der Waals surface area contributed by atoms with E-state index >= 15 is 0 Å². The molecule has 3 aromatic carbocycles. The minimum atomic E-state index is -0.943. The van der Waals surface area contributed by atoms with Gasteiger partial charge in [0, 0.05) is 51.4 Å². The predicted molar refractivity (Wildman–Crippen MR) is 220 cm³/mol. The number of hydrogen-bond acceptors (Lipinski definition) is 9. The molecule has 0 saturated heterocycles. The summed E-state index contributed by atoms with van der Waals surface area (Å²) in [4.78, 5) is 67.3. The number of alkyl carbamates (subject to hydrolysis) is 1. The van der Waals surface area contributed by atoms with Crippen molar-refractivity contribution < 1.29 is 33.8 Å². The van der Waals surface area contributed by atoms with Crippen molar-refractivity contribution in [2.75, 3.05) is 38.0 Å². The van der Waals surface area contributed by atoms with Gasteiger partial charge in [0.05, 0.1) is 5.92 Å². The topological polar surface area (TPSA) is 237 Å². The molecule has 1 unspecified atom stereocenters. The van der Waals surface area contributed by atoms with Crippen molar-refractivity contribution in [3.8, 4) is 5.75 Å². The van der Waals surface area contributed by atoms with E-state index in [0.717, 1.165) is 16.8 Å². The number of anilines is 1. The molecule has 3 aromatic rings. The third-order valence-corrected chi connectivity index (χ3v) is 8.25. The first-order chi connectivity index (χ1) is 27.2. The van der Waals surface area contributed by atoms with E-state index in [4.69, 9.17) is 10.5 Å². The van der Waals surface area contributed by atoms with Crippen LogP contribution in [0.25, 0.3) is 0 Å². The number of amides is 6. The first kappa shape index (κ1) is 45.1. The van der Waals surface area contributed by atoms with Gasteiger partial charge in [-0.1, -0.05) is 61.5 Å². The van der Waals surface area contributed by atoms with Gasteiger partial charge >= 0.3 is 12.1 Å². The van der Waals surface area contributed by atoms with E-state index in [0.29, 0.717) is 37.9 Å². The molecule has 0 aliphatic rings. The Morgan fingerprint density at radius 3 is 2.11 bits per heavy atom. The lowest BCUT2D eigenvalue weighted by Crippen LogP contribution is -2.48. The number of aliphatic imine (C=N–C) groups is 1. The van der Waals surface area contributed by atoms with Crippen molar-refractivity contribution in [2.24, 2.45) is 10.7 Å². The first-order valence-corrected chi connectivity index (χ1v) is 19.1. The molecule has 0 spiro atoms. The maximum atomic E-state index is 14.2. The maximum absolute atomic E-state index is 14.2. The highest BCUT2D eigenvalue weighted by Gasteiger charge is 2.28. The molecule has 0 heterocycles. The van der Waals surface area contributed by atoms with Crippen LogP contribution in [-0.4, -0.2) is 85.3 Å². The highest BCUT2D eigenvalue weighted by Crippen LogP contribution is 2.27. The van der Waals surface area contributed by atoms with Crippen LogP contribution >= 0.6 is 0 Å². The smallest absolute Gasteiger partial charge is 0.407 e. The number of nitrogens with zero attached hydrogens (tertiary/aromatic N) is 1. The minimum absolute atomic E-state index is 0.103. The number of hydrogen-bond donors (Lipinski definition) is 9. The Hall–Kier alpha value is -6.32. The number of benzene rings is 3. The lowest BCUT2D eigenvalue weighted by molar-refractivity contribution is -0.129. The highest BCUT2D eigenvalue weighted by atomic mass is 16.6. The number of carbonyl (C=O) groups excluding carboxylic acids is 5. The number of guanidine groups is 1. The molecule has 10 N–H and O–H groups in total. The van der Waals surface area contributed by atoms with Gasteiger partial charge in [-0.2, -0.15) is 0 Å². The van der Waals surface area contributed by atoms with Gasteiger partial charge in [0.25, 0.3) is 0 Å². The van der Waals surface area contributed by atoms with Crippen LogP contribution in [0, 0.1) is 0 Å². The second-order valence-corrected chi connectivity index (χ2v) is 14.1. The van der Waals surface area contributed by atoms with Crippen molar-refractivity contribution >= 4 is 41.5 Å². The first-order valence-electron chi connectivity index (χ1n) is 19.1. The third kappa shape index (κ3) is 17.8. The van der Waals surface area contributed by atoms with Gasteiger partial charge in [-0.15, -0.1) is 0 Å². The SMILES string of the molecule is CCC(=O)NCCNC(=O)NC(N)=NCCC[C@@H](NC(=O)C(c1ccccc1)c1ccc(NCCCNC(=O)OC(C)(C)C)cc1)C(=O)NCc1ccc(O)cc1. The van der Waals surface area contributed by atoms with Crippen LogP contribution in [-0.2, 0) is 25.7 Å². The van der Waals surface area contributed by atoms with Crippen LogP contribution in [0.5, 0.6) is 5.75 Å². The van der Waals surface area contributed by atoms with Gasteiger partial charge < -0.3 is 47.5 Å². The van der Waals surface area contributed by atoms with Crippen molar-refractivity contribution in [3.05, 3.63) is 95.6 Å². The van der Waals surface area contributed by atoms with Gasteiger partial charge in [-0.3, -0.25) is 24.7 Å². The molecule has 3 rings (SSSR count). The molecule has 16 heteroatoms. The molecule has 0 saturated carbocycles. The molecular formula is C41H57N9O7. The van der Waals surface area contributed by atoms with E-state index in [2.05, 4.69) is 42.2 Å². The molecule has 0 bridgehead atoms. The highest BCUT2D eigenvalue weighted by molar-refractivity contribution is 5.95. The van der Waals surface area contributed by atoms with Crippen molar-refractivity contribution in [3.63, 3.8) is 0 Å². The summed E-state index contributed by atoms with van der Waals surface area (Å²) in [5.74, 6) is -1.67. The summed E-state index contributed by atoms with van der Waals surface area (Å²) in [6.45, 7) is 8.99. The number of carbonyl (C=O) groups is 5. The van der Waals surface area contributed by atoms with E-state index in [1.54, 1.807) is 19.1 Å². The van der Waals surface area contributed by atoms with E-state index < -0.39 is 35.6 Å². The summed E-state index contributed by atoms with van der Waals surface area (Å²) in [7, 11) is 0. The number of nitrogens with two attached hydrogens (primary N) is 1. The fraction of sp³-hybridized carbons (Fsp3) is 0.415. The normalized spacial score (nSPS) is 12.3. The number of phenolic OH excluding ortho intramolecular Hbond substituents is 1. The van der Waals surface area contributed by atoms with E-state index in [1.807, 2.05) is 75.4 Å².